The lowest BCUT2D eigenvalue weighted by Crippen LogP contribution is -2.35. The van der Waals surface area contributed by atoms with Crippen LogP contribution in [0.15, 0.2) is 11.8 Å². The third kappa shape index (κ3) is 3.83. The molecule has 1 atom stereocenters. The Morgan fingerprint density at radius 1 is 1.57 bits per heavy atom. The minimum absolute atomic E-state index is 0.134. The summed E-state index contributed by atoms with van der Waals surface area (Å²) in [5, 5.41) is 2.47. The highest BCUT2D eigenvalue weighted by Crippen LogP contribution is 2.05. The minimum atomic E-state index is -0.630. The standard InChI is InChI=1S/C9H16N2O2S/c1-3-6(5-14)9(13)11-7(4-2)8(10)12/h4,6,14H,3,5H2,1-2H3,(H2,10,12)(H,11,13). The number of hydrogen-bond donors (Lipinski definition) is 3. The van der Waals surface area contributed by atoms with Gasteiger partial charge in [0.05, 0.1) is 0 Å². The van der Waals surface area contributed by atoms with Gasteiger partial charge in [0.15, 0.2) is 0 Å². The highest BCUT2D eigenvalue weighted by molar-refractivity contribution is 7.80. The molecule has 1 unspecified atom stereocenters. The van der Waals surface area contributed by atoms with E-state index in [0.717, 1.165) is 0 Å². The molecule has 0 aliphatic rings. The molecule has 2 amide bonds. The van der Waals surface area contributed by atoms with Gasteiger partial charge in [-0.2, -0.15) is 12.6 Å². The van der Waals surface area contributed by atoms with E-state index in [2.05, 4.69) is 17.9 Å². The molecule has 14 heavy (non-hydrogen) atoms. The third-order valence-corrected chi connectivity index (χ3v) is 2.34. The highest BCUT2D eigenvalue weighted by atomic mass is 32.1. The van der Waals surface area contributed by atoms with Gasteiger partial charge in [0.25, 0.3) is 5.91 Å². The zero-order valence-electron chi connectivity index (χ0n) is 8.41. The molecule has 0 aliphatic carbocycles. The van der Waals surface area contributed by atoms with Crippen LogP contribution in [0.4, 0.5) is 0 Å². The molecule has 0 aromatic carbocycles. The number of nitrogens with two attached hydrogens (primary N) is 1. The van der Waals surface area contributed by atoms with Crippen LogP contribution >= 0.6 is 12.6 Å². The SMILES string of the molecule is CC=C(NC(=O)C(CC)CS)C(N)=O. The fourth-order valence-electron chi connectivity index (χ4n) is 0.908. The van der Waals surface area contributed by atoms with Crippen molar-refractivity contribution in [3.8, 4) is 0 Å². The maximum absolute atomic E-state index is 11.5. The molecule has 80 valence electrons. The zero-order chi connectivity index (χ0) is 11.1. The Labute approximate surface area is 89.3 Å². The number of amides is 2. The predicted octanol–water partition coefficient (Wildman–Crippen LogP) is 0.448. The quantitative estimate of drug-likeness (QED) is 0.461. The van der Waals surface area contributed by atoms with Gasteiger partial charge in [-0.1, -0.05) is 13.0 Å². The average Bonchev–Trinajstić information content (AvgIpc) is 2.15. The second-order valence-corrected chi connectivity index (χ2v) is 3.21. The zero-order valence-corrected chi connectivity index (χ0v) is 9.30. The summed E-state index contributed by atoms with van der Waals surface area (Å²) in [6.45, 7) is 3.53. The Morgan fingerprint density at radius 3 is 2.43 bits per heavy atom. The van der Waals surface area contributed by atoms with Crippen molar-refractivity contribution >= 4 is 24.4 Å². The number of carbonyl (C=O) groups is 2. The first-order chi connectivity index (χ1) is 6.56. The molecular formula is C9H16N2O2S. The van der Waals surface area contributed by atoms with Crippen molar-refractivity contribution in [3.63, 3.8) is 0 Å². The van der Waals surface area contributed by atoms with Gasteiger partial charge in [0.1, 0.15) is 5.70 Å². The Bertz CT molecular complexity index is 247. The van der Waals surface area contributed by atoms with Crippen LogP contribution in [-0.4, -0.2) is 17.6 Å². The summed E-state index contributed by atoms with van der Waals surface area (Å²) in [7, 11) is 0. The van der Waals surface area contributed by atoms with Crippen LogP contribution in [-0.2, 0) is 9.59 Å². The first-order valence-corrected chi connectivity index (χ1v) is 5.07. The van der Waals surface area contributed by atoms with Gasteiger partial charge < -0.3 is 11.1 Å². The number of nitrogens with one attached hydrogen (secondary N) is 1. The van der Waals surface area contributed by atoms with E-state index >= 15 is 0 Å². The van der Waals surface area contributed by atoms with Gasteiger partial charge >= 0.3 is 0 Å². The topological polar surface area (TPSA) is 72.2 Å². The van der Waals surface area contributed by atoms with Crippen LogP contribution in [0, 0.1) is 5.92 Å². The van der Waals surface area contributed by atoms with Crippen molar-refractivity contribution in [2.45, 2.75) is 20.3 Å². The van der Waals surface area contributed by atoms with Gasteiger partial charge in [-0.15, -0.1) is 0 Å². The van der Waals surface area contributed by atoms with Gasteiger partial charge in [0.2, 0.25) is 5.91 Å². The second-order valence-electron chi connectivity index (χ2n) is 2.84. The van der Waals surface area contributed by atoms with Gasteiger partial charge in [0, 0.05) is 11.7 Å². The molecule has 0 aliphatic heterocycles. The Morgan fingerprint density at radius 2 is 2.14 bits per heavy atom. The second kappa shape index (κ2) is 6.48. The number of hydrogen-bond acceptors (Lipinski definition) is 3. The lowest BCUT2D eigenvalue weighted by Gasteiger charge is -2.12. The van der Waals surface area contributed by atoms with E-state index in [1.165, 1.54) is 6.08 Å². The number of allylic oxidation sites excluding steroid dienone is 1. The molecule has 0 heterocycles. The molecule has 0 radical (unpaired) electrons. The van der Waals surface area contributed by atoms with Crippen molar-refractivity contribution in [2.75, 3.05) is 5.75 Å². The first kappa shape index (κ1) is 13.0. The van der Waals surface area contributed by atoms with E-state index < -0.39 is 5.91 Å². The summed E-state index contributed by atoms with van der Waals surface area (Å²) >= 11 is 4.04. The Kier molecular flexibility index (Phi) is 6.03. The largest absolute Gasteiger partial charge is 0.364 e. The molecule has 0 fully saturated rings. The number of carbonyl (C=O) groups excluding carboxylic acids is 2. The fourth-order valence-corrected chi connectivity index (χ4v) is 1.33. The van der Waals surface area contributed by atoms with E-state index in [1.807, 2.05) is 6.92 Å². The van der Waals surface area contributed by atoms with Crippen molar-refractivity contribution in [1.82, 2.24) is 5.32 Å². The molecule has 0 rings (SSSR count). The number of thiol groups is 1. The molecule has 0 saturated carbocycles. The first-order valence-electron chi connectivity index (χ1n) is 4.44. The van der Waals surface area contributed by atoms with Crippen LogP contribution in [0.2, 0.25) is 0 Å². The maximum atomic E-state index is 11.5. The molecule has 0 bridgehead atoms. The monoisotopic (exact) mass is 216 g/mol. The summed E-state index contributed by atoms with van der Waals surface area (Å²) in [5.41, 5.74) is 5.17. The molecule has 0 aromatic heterocycles. The Hall–Kier alpha value is -0.970. The summed E-state index contributed by atoms with van der Waals surface area (Å²) in [6, 6.07) is 0. The summed E-state index contributed by atoms with van der Waals surface area (Å²) < 4.78 is 0. The molecule has 3 N–H and O–H groups in total. The van der Waals surface area contributed by atoms with E-state index in [4.69, 9.17) is 5.73 Å². The van der Waals surface area contributed by atoms with Crippen LogP contribution < -0.4 is 11.1 Å². The molecule has 4 nitrogen and oxygen atoms in total. The molecule has 0 spiro atoms. The maximum Gasteiger partial charge on any atom is 0.264 e. The van der Waals surface area contributed by atoms with Gasteiger partial charge in [-0.3, -0.25) is 9.59 Å². The molecular weight excluding hydrogens is 200 g/mol. The smallest absolute Gasteiger partial charge is 0.264 e. The summed E-state index contributed by atoms with van der Waals surface area (Å²) in [6.07, 6.45) is 2.16. The Balaban J connectivity index is 4.37. The normalized spacial score (nSPS) is 13.5. The fraction of sp³-hybridized carbons (Fsp3) is 0.556. The average molecular weight is 216 g/mol. The van der Waals surface area contributed by atoms with Gasteiger partial charge in [-0.05, 0) is 13.3 Å². The van der Waals surface area contributed by atoms with Crippen LogP contribution in [0.3, 0.4) is 0 Å². The van der Waals surface area contributed by atoms with E-state index in [-0.39, 0.29) is 17.5 Å². The van der Waals surface area contributed by atoms with E-state index in [9.17, 15) is 9.59 Å². The van der Waals surface area contributed by atoms with Crippen molar-refractivity contribution in [1.29, 1.82) is 0 Å². The predicted molar refractivity (Wildman–Crippen MR) is 58.7 cm³/mol. The van der Waals surface area contributed by atoms with Crippen LogP contribution in [0.25, 0.3) is 0 Å². The minimum Gasteiger partial charge on any atom is -0.364 e. The molecule has 0 saturated heterocycles. The van der Waals surface area contributed by atoms with Crippen molar-refractivity contribution in [3.05, 3.63) is 11.8 Å². The van der Waals surface area contributed by atoms with Crippen molar-refractivity contribution < 1.29 is 9.59 Å². The summed E-state index contributed by atoms with van der Waals surface area (Å²) in [5.74, 6) is -0.574. The van der Waals surface area contributed by atoms with Crippen molar-refractivity contribution in [2.24, 2.45) is 11.7 Å². The number of primary amides is 1. The van der Waals surface area contributed by atoms with Gasteiger partial charge in [-0.25, -0.2) is 0 Å². The van der Waals surface area contributed by atoms with Crippen LogP contribution in [0.1, 0.15) is 20.3 Å². The number of rotatable bonds is 5. The van der Waals surface area contributed by atoms with Crippen LogP contribution in [0.5, 0.6) is 0 Å². The lowest BCUT2D eigenvalue weighted by atomic mass is 10.1. The third-order valence-electron chi connectivity index (χ3n) is 1.90. The molecule has 0 aromatic rings. The lowest BCUT2D eigenvalue weighted by molar-refractivity contribution is -0.125. The highest BCUT2D eigenvalue weighted by Gasteiger charge is 2.16. The molecule has 5 heteroatoms. The summed E-state index contributed by atoms with van der Waals surface area (Å²) in [4.78, 5) is 22.3. The van der Waals surface area contributed by atoms with E-state index in [0.29, 0.717) is 12.2 Å². The van der Waals surface area contributed by atoms with E-state index in [1.54, 1.807) is 6.92 Å².